The minimum absolute atomic E-state index is 0.0416. The molecule has 19 heavy (non-hydrogen) atoms. The number of carbonyl (C=O) groups is 3. The first kappa shape index (κ1) is 17.3. The quantitative estimate of drug-likeness (QED) is 0.472. The molecule has 0 aromatic carbocycles. The molecule has 1 saturated heterocycles. The largest absolute Gasteiger partial charge is 0.356 e. The van der Waals surface area contributed by atoms with Gasteiger partial charge < -0.3 is 21.2 Å². The van der Waals surface area contributed by atoms with Crippen LogP contribution in [0, 0.1) is 5.92 Å². The Bertz CT molecular complexity index is 318. The molecule has 0 saturated carbocycles. The van der Waals surface area contributed by atoms with E-state index in [-0.39, 0.29) is 24.3 Å². The highest BCUT2D eigenvalue weighted by molar-refractivity contribution is 5.82. The van der Waals surface area contributed by atoms with Gasteiger partial charge in [-0.25, -0.2) is 0 Å². The van der Waals surface area contributed by atoms with Crippen molar-refractivity contribution in [3.05, 3.63) is 12.7 Å². The summed E-state index contributed by atoms with van der Waals surface area (Å²) < 4.78 is 0. The molecule has 2 amide bonds. The van der Waals surface area contributed by atoms with E-state index in [1.807, 2.05) is 6.92 Å². The zero-order valence-corrected chi connectivity index (χ0v) is 11.4. The molecule has 1 heterocycles. The summed E-state index contributed by atoms with van der Waals surface area (Å²) in [5, 5.41) is 5.21. The van der Waals surface area contributed by atoms with Crippen LogP contribution in [0.25, 0.3) is 0 Å². The highest BCUT2D eigenvalue weighted by atomic mass is 16.2. The van der Waals surface area contributed by atoms with E-state index in [2.05, 4.69) is 17.2 Å². The third-order valence-corrected chi connectivity index (χ3v) is 2.63. The molecule has 1 unspecified atom stereocenters. The van der Waals surface area contributed by atoms with E-state index in [0.29, 0.717) is 19.3 Å². The maximum Gasteiger partial charge on any atom is 0.234 e. The van der Waals surface area contributed by atoms with Crippen LogP contribution in [0.5, 0.6) is 0 Å². The van der Waals surface area contributed by atoms with Crippen LogP contribution in [-0.4, -0.2) is 37.2 Å². The molecule has 0 radical (unpaired) electrons. The summed E-state index contributed by atoms with van der Waals surface area (Å²) in [5.41, 5.74) is 5.13. The molecule has 4 N–H and O–H groups in total. The summed E-state index contributed by atoms with van der Waals surface area (Å²) in [7, 11) is 0. The lowest BCUT2D eigenvalue weighted by atomic mass is 9.92. The lowest BCUT2D eigenvalue weighted by Crippen LogP contribution is -2.44. The Labute approximate surface area is 113 Å². The third kappa shape index (κ3) is 7.35. The van der Waals surface area contributed by atoms with Gasteiger partial charge in [-0.15, -0.1) is 6.58 Å². The number of amides is 2. The van der Waals surface area contributed by atoms with Crippen LogP contribution >= 0.6 is 0 Å². The van der Waals surface area contributed by atoms with Gasteiger partial charge in [0.25, 0.3) is 0 Å². The van der Waals surface area contributed by atoms with Crippen LogP contribution in [0.2, 0.25) is 0 Å². The number of rotatable bonds is 5. The van der Waals surface area contributed by atoms with E-state index in [1.165, 1.54) is 0 Å². The Morgan fingerprint density at radius 2 is 2.32 bits per heavy atom. The topological polar surface area (TPSA) is 101 Å². The van der Waals surface area contributed by atoms with Crippen LogP contribution in [0.4, 0.5) is 0 Å². The van der Waals surface area contributed by atoms with E-state index >= 15 is 0 Å². The van der Waals surface area contributed by atoms with Crippen molar-refractivity contribution in [1.29, 1.82) is 0 Å². The lowest BCUT2D eigenvalue weighted by Gasteiger charge is -2.24. The van der Waals surface area contributed by atoms with Gasteiger partial charge in [0.05, 0.1) is 12.6 Å². The minimum Gasteiger partial charge on any atom is -0.356 e. The van der Waals surface area contributed by atoms with Gasteiger partial charge in [-0.1, -0.05) is 6.08 Å². The number of allylic oxidation sites excluding steroid dienone is 1. The second kappa shape index (κ2) is 10.3. The van der Waals surface area contributed by atoms with Crippen LogP contribution in [-0.2, 0) is 14.4 Å². The van der Waals surface area contributed by atoms with Crippen LogP contribution in [0.1, 0.15) is 26.2 Å². The Hall–Kier alpha value is -1.69. The molecule has 1 aliphatic heterocycles. The van der Waals surface area contributed by atoms with Crippen LogP contribution < -0.4 is 16.4 Å². The normalized spacial score (nSPS) is 19.3. The Balaban J connectivity index is 0.000000982. The van der Waals surface area contributed by atoms with Crippen molar-refractivity contribution in [2.45, 2.75) is 32.2 Å². The molecule has 0 spiro atoms. The lowest BCUT2D eigenvalue weighted by molar-refractivity contribution is -0.128. The van der Waals surface area contributed by atoms with E-state index in [1.54, 1.807) is 6.08 Å². The van der Waals surface area contributed by atoms with E-state index in [9.17, 15) is 14.4 Å². The van der Waals surface area contributed by atoms with Crippen molar-refractivity contribution < 1.29 is 14.4 Å². The monoisotopic (exact) mass is 269 g/mol. The van der Waals surface area contributed by atoms with Crippen molar-refractivity contribution in [2.75, 3.05) is 13.1 Å². The molecule has 6 nitrogen and oxygen atoms in total. The van der Waals surface area contributed by atoms with E-state index in [4.69, 9.17) is 5.73 Å². The molecule has 108 valence electrons. The number of carbonyl (C=O) groups excluding carboxylic acids is 3. The van der Waals surface area contributed by atoms with E-state index < -0.39 is 6.04 Å². The van der Waals surface area contributed by atoms with Gasteiger partial charge in [-0.2, -0.15) is 0 Å². The van der Waals surface area contributed by atoms with Gasteiger partial charge in [0, 0.05) is 12.5 Å². The first-order chi connectivity index (χ1) is 9.08. The maximum absolute atomic E-state index is 11.4. The predicted molar refractivity (Wildman–Crippen MR) is 73.3 cm³/mol. The van der Waals surface area contributed by atoms with Crippen molar-refractivity contribution >= 4 is 18.1 Å². The zero-order chi connectivity index (χ0) is 14.7. The van der Waals surface area contributed by atoms with Crippen LogP contribution in [0.3, 0.4) is 0 Å². The zero-order valence-electron chi connectivity index (χ0n) is 11.4. The molecular formula is C13H23N3O3. The van der Waals surface area contributed by atoms with Crippen molar-refractivity contribution in [3.8, 4) is 0 Å². The Morgan fingerprint density at radius 3 is 2.79 bits per heavy atom. The molecule has 1 rings (SSSR count). The SMILES string of the molecule is C=CC.NCC(=O)N[C@H](C=O)CC1CCCNC1=O. The molecule has 6 heteroatoms. The highest BCUT2D eigenvalue weighted by Gasteiger charge is 2.25. The summed E-state index contributed by atoms with van der Waals surface area (Å²) >= 11 is 0. The first-order valence-corrected chi connectivity index (χ1v) is 6.38. The molecule has 0 bridgehead atoms. The second-order valence-corrected chi connectivity index (χ2v) is 4.29. The fourth-order valence-corrected chi connectivity index (χ4v) is 1.78. The van der Waals surface area contributed by atoms with Gasteiger partial charge in [-0.3, -0.25) is 9.59 Å². The summed E-state index contributed by atoms with van der Waals surface area (Å²) in [4.78, 5) is 33.2. The fourth-order valence-electron chi connectivity index (χ4n) is 1.78. The molecule has 1 fully saturated rings. The molecule has 0 aromatic heterocycles. The summed E-state index contributed by atoms with van der Waals surface area (Å²) in [6, 6.07) is -0.620. The number of piperidine rings is 1. The molecule has 0 aliphatic carbocycles. The van der Waals surface area contributed by atoms with E-state index in [0.717, 1.165) is 12.8 Å². The van der Waals surface area contributed by atoms with Crippen molar-refractivity contribution in [2.24, 2.45) is 11.7 Å². The number of nitrogens with two attached hydrogens (primary N) is 1. The smallest absolute Gasteiger partial charge is 0.234 e. The van der Waals surface area contributed by atoms with Gasteiger partial charge in [0.1, 0.15) is 6.29 Å². The second-order valence-electron chi connectivity index (χ2n) is 4.29. The van der Waals surface area contributed by atoms with Gasteiger partial charge in [0.15, 0.2) is 0 Å². The summed E-state index contributed by atoms with van der Waals surface area (Å²) in [6.45, 7) is 5.79. The van der Waals surface area contributed by atoms with Crippen molar-refractivity contribution in [3.63, 3.8) is 0 Å². The number of hydrogen-bond acceptors (Lipinski definition) is 4. The summed E-state index contributed by atoms with van der Waals surface area (Å²) in [5.74, 6) is -0.615. The standard InChI is InChI=1S/C10H17N3O3.C3H6/c11-5-9(15)13-8(6-14)4-7-2-1-3-12-10(7)16;1-3-2/h6-8H,1-5,11H2,(H,12,16)(H,13,15);3H,1H2,2H3/t7?,8-;/m0./s1. The molecule has 0 aromatic rings. The molecular weight excluding hydrogens is 246 g/mol. The van der Waals surface area contributed by atoms with Crippen LogP contribution in [0.15, 0.2) is 12.7 Å². The third-order valence-electron chi connectivity index (χ3n) is 2.63. The van der Waals surface area contributed by atoms with Crippen molar-refractivity contribution in [1.82, 2.24) is 10.6 Å². The number of nitrogens with one attached hydrogen (secondary N) is 2. The molecule has 1 aliphatic rings. The Kier molecular flexibility index (Phi) is 9.34. The van der Waals surface area contributed by atoms with Gasteiger partial charge in [-0.05, 0) is 26.2 Å². The maximum atomic E-state index is 11.4. The highest BCUT2D eigenvalue weighted by Crippen LogP contribution is 2.16. The predicted octanol–water partition coefficient (Wildman–Crippen LogP) is -0.263. The number of hydrogen-bond donors (Lipinski definition) is 3. The average Bonchev–Trinajstić information content (AvgIpc) is 2.41. The average molecular weight is 269 g/mol. The summed E-state index contributed by atoms with van der Waals surface area (Å²) in [6.07, 6.45) is 4.41. The Morgan fingerprint density at radius 1 is 1.68 bits per heavy atom. The minimum atomic E-state index is -0.620. The fraction of sp³-hybridized carbons (Fsp3) is 0.615. The number of aldehydes is 1. The van der Waals surface area contributed by atoms with Gasteiger partial charge in [0.2, 0.25) is 11.8 Å². The first-order valence-electron chi connectivity index (χ1n) is 6.38. The van der Waals surface area contributed by atoms with Gasteiger partial charge >= 0.3 is 0 Å². The molecule has 2 atom stereocenters.